The van der Waals surface area contributed by atoms with Crippen molar-refractivity contribution in [3.63, 3.8) is 0 Å². The van der Waals surface area contributed by atoms with Crippen molar-refractivity contribution in [2.75, 3.05) is 0 Å². The van der Waals surface area contributed by atoms with Crippen LogP contribution in [0.5, 0.6) is 11.5 Å². The van der Waals surface area contributed by atoms with E-state index in [4.69, 9.17) is 0 Å². The molecule has 20 heavy (non-hydrogen) atoms. The number of benzene rings is 2. The van der Waals surface area contributed by atoms with Gasteiger partial charge < -0.3 is 15.6 Å². The summed E-state index contributed by atoms with van der Waals surface area (Å²) in [6, 6.07) is 10.8. The Hall–Kier alpha value is -2.49. The molecule has 2 aromatic carbocycles. The van der Waals surface area contributed by atoms with E-state index in [9.17, 15) is 10.2 Å². The van der Waals surface area contributed by atoms with Crippen molar-refractivity contribution in [3.05, 3.63) is 58.7 Å². The molecule has 0 heterocycles. The Morgan fingerprint density at radius 3 is 2.55 bits per heavy atom. The Balaban J connectivity index is 2.03. The average molecular weight is 270 g/mol. The van der Waals surface area contributed by atoms with E-state index in [2.05, 4.69) is 10.5 Å². The van der Waals surface area contributed by atoms with Crippen LogP contribution in [-0.4, -0.2) is 16.4 Å². The molecule has 0 fully saturated rings. The highest BCUT2D eigenvalue weighted by Gasteiger charge is 2.03. The number of rotatable bonds is 4. The predicted molar refractivity (Wildman–Crippen MR) is 80.1 cm³/mol. The molecule has 0 radical (unpaired) electrons. The van der Waals surface area contributed by atoms with Crippen LogP contribution in [-0.2, 0) is 6.54 Å². The first-order chi connectivity index (χ1) is 9.58. The summed E-state index contributed by atoms with van der Waals surface area (Å²) in [6.07, 6.45) is 1.59. The fourth-order valence-corrected chi connectivity index (χ4v) is 2.03. The summed E-state index contributed by atoms with van der Waals surface area (Å²) in [6.45, 7) is 4.29. The number of hydrogen-bond donors (Lipinski definition) is 3. The smallest absolute Gasteiger partial charge is 0.124 e. The average Bonchev–Trinajstić information content (AvgIpc) is 2.38. The molecule has 0 aliphatic rings. The zero-order chi connectivity index (χ0) is 14.5. The lowest BCUT2D eigenvalue weighted by Crippen LogP contribution is -2.06. The Morgan fingerprint density at radius 2 is 1.85 bits per heavy atom. The highest BCUT2D eigenvalue weighted by atomic mass is 16.3. The summed E-state index contributed by atoms with van der Waals surface area (Å²) in [4.78, 5) is 0. The van der Waals surface area contributed by atoms with Gasteiger partial charge in [-0.3, -0.25) is 0 Å². The van der Waals surface area contributed by atoms with Gasteiger partial charge in [-0.25, -0.2) is 0 Å². The number of nitrogens with one attached hydrogen (secondary N) is 1. The zero-order valence-electron chi connectivity index (χ0n) is 11.6. The van der Waals surface area contributed by atoms with E-state index in [1.165, 1.54) is 0 Å². The van der Waals surface area contributed by atoms with E-state index in [1.54, 1.807) is 24.4 Å². The van der Waals surface area contributed by atoms with Gasteiger partial charge in [0.15, 0.2) is 0 Å². The molecule has 0 saturated heterocycles. The van der Waals surface area contributed by atoms with Crippen molar-refractivity contribution in [2.45, 2.75) is 20.4 Å². The van der Waals surface area contributed by atoms with Crippen molar-refractivity contribution in [3.8, 4) is 11.5 Å². The molecule has 2 rings (SSSR count). The van der Waals surface area contributed by atoms with Crippen molar-refractivity contribution in [2.24, 2.45) is 5.10 Å². The van der Waals surface area contributed by atoms with Crippen LogP contribution in [0.25, 0.3) is 0 Å². The molecule has 0 atom stereocenters. The number of para-hydroxylation sites is 1. The van der Waals surface area contributed by atoms with Gasteiger partial charge >= 0.3 is 0 Å². The minimum absolute atomic E-state index is 0.218. The zero-order valence-corrected chi connectivity index (χ0v) is 11.6. The number of phenols is 2. The Kier molecular flexibility index (Phi) is 4.25. The molecular formula is C16H18N2O2. The second-order valence-electron chi connectivity index (χ2n) is 4.74. The fourth-order valence-electron chi connectivity index (χ4n) is 2.03. The van der Waals surface area contributed by atoms with Gasteiger partial charge in [0.2, 0.25) is 0 Å². The Morgan fingerprint density at radius 1 is 1.10 bits per heavy atom. The SMILES string of the molecule is Cc1cc(C)c(/C=N/NCc2ccccc2O)c(O)c1. The lowest BCUT2D eigenvalue weighted by atomic mass is 10.1. The molecule has 4 heteroatoms. The Bertz CT molecular complexity index is 613. The Labute approximate surface area is 118 Å². The topological polar surface area (TPSA) is 64.9 Å². The maximum Gasteiger partial charge on any atom is 0.124 e. The van der Waals surface area contributed by atoms with E-state index in [0.717, 1.165) is 16.7 Å². The standard InChI is InChI=1S/C16H18N2O2/c1-11-7-12(2)14(16(20)8-11)10-18-17-9-13-5-3-4-6-15(13)19/h3-8,10,17,19-20H,9H2,1-2H3/b18-10+. The third-order valence-electron chi connectivity index (χ3n) is 3.06. The predicted octanol–water partition coefficient (Wildman–Crippen LogP) is 2.84. The third kappa shape index (κ3) is 3.29. The fraction of sp³-hybridized carbons (Fsp3) is 0.188. The summed E-state index contributed by atoms with van der Waals surface area (Å²) in [5.74, 6) is 0.458. The van der Waals surface area contributed by atoms with Gasteiger partial charge in [0.25, 0.3) is 0 Å². The third-order valence-corrected chi connectivity index (χ3v) is 3.06. The van der Waals surface area contributed by atoms with Crippen LogP contribution >= 0.6 is 0 Å². The maximum absolute atomic E-state index is 9.87. The van der Waals surface area contributed by atoms with Crippen LogP contribution in [0.15, 0.2) is 41.5 Å². The monoisotopic (exact) mass is 270 g/mol. The maximum atomic E-state index is 9.87. The van der Waals surface area contributed by atoms with Gasteiger partial charge in [-0.05, 0) is 37.1 Å². The number of hydrogen-bond acceptors (Lipinski definition) is 4. The van der Waals surface area contributed by atoms with Gasteiger partial charge in [-0.1, -0.05) is 24.3 Å². The van der Waals surface area contributed by atoms with Crippen LogP contribution in [0.2, 0.25) is 0 Å². The quantitative estimate of drug-likeness (QED) is 0.591. The molecule has 0 unspecified atom stereocenters. The lowest BCUT2D eigenvalue weighted by molar-refractivity contribution is 0.465. The highest BCUT2D eigenvalue weighted by Crippen LogP contribution is 2.21. The number of phenolic OH excluding ortho intramolecular Hbond substituents is 2. The number of hydrazone groups is 1. The molecule has 0 bridgehead atoms. The summed E-state index contributed by atoms with van der Waals surface area (Å²) in [7, 11) is 0. The second kappa shape index (κ2) is 6.10. The van der Waals surface area contributed by atoms with Crippen LogP contribution < -0.4 is 5.43 Å². The van der Waals surface area contributed by atoms with E-state index >= 15 is 0 Å². The molecular weight excluding hydrogens is 252 g/mol. The molecule has 0 amide bonds. The van der Waals surface area contributed by atoms with Gasteiger partial charge in [-0.2, -0.15) is 5.10 Å². The molecule has 0 aliphatic carbocycles. The molecule has 104 valence electrons. The first-order valence-corrected chi connectivity index (χ1v) is 6.41. The summed E-state index contributed by atoms with van der Waals surface area (Å²) in [5.41, 5.74) is 6.31. The van der Waals surface area contributed by atoms with Crippen LogP contribution in [0.4, 0.5) is 0 Å². The van der Waals surface area contributed by atoms with Gasteiger partial charge in [0.05, 0.1) is 12.8 Å². The molecule has 0 spiro atoms. The largest absolute Gasteiger partial charge is 0.508 e. The van der Waals surface area contributed by atoms with E-state index in [-0.39, 0.29) is 11.5 Å². The van der Waals surface area contributed by atoms with E-state index in [0.29, 0.717) is 12.1 Å². The van der Waals surface area contributed by atoms with Crippen LogP contribution in [0.1, 0.15) is 22.3 Å². The van der Waals surface area contributed by atoms with Gasteiger partial charge in [0, 0.05) is 11.1 Å². The molecule has 0 aromatic heterocycles. The van der Waals surface area contributed by atoms with E-state index in [1.807, 2.05) is 32.0 Å². The first kappa shape index (κ1) is 13.9. The van der Waals surface area contributed by atoms with Crippen molar-refractivity contribution >= 4 is 6.21 Å². The van der Waals surface area contributed by atoms with Crippen LogP contribution in [0, 0.1) is 13.8 Å². The molecule has 2 aromatic rings. The second-order valence-corrected chi connectivity index (χ2v) is 4.74. The van der Waals surface area contributed by atoms with Crippen molar-refractivity contribution in [1.29, 1.82) is 0 Å². The van der Waals surface area contributed by atoms with Crippen LogP contribution in [0.3, 0.4) is 0 Å². The summed E-state index contributed by atoms with van der Waals surface area (Å²) in [5, 5.41) is 23.6. The summed E-state index contributed by atoms with van der Waals surface area (Å²) >= 11 is 0. The van der Waals surface area contributed by atoms with Crippen molar-refractivity contribution in [1.82, 2.24) is 5.43 Å². The normalized spacial score (nSPS) is 10.9. The van der Waals surface area contributed by atoms with Gasteiger partial charge in [-0.15, -0.1) is 0 Å². The molecule has 3 N–H and O–H groups in total. The molecule has 4 nitrogen and oxygen atoms in total. The van der Waals surface area contributed by atoms with Crippen molar-refractivity contribution < 1.29 is 10.2 Å². The number of aromatic hydroxyl groups is 2. The highest BCUT2D eigenvalue weighted by molar-refractivity contribution is 5.85. The first-order valence-electron chi connectivity index (χ1n) is 6.41. The molecule has 0 saturated carbocycles. The number of aryl methyl sites for hydroxylation is 2. The van der Waals surface area contributed by atoms with E-state index < -0.39 is 0 Å². The lowest BCUT2D eigenvalue weighted by Gasteiger charge is -2.06. The molecule has 0 aliphatic heterocycles. The minimum Gasteiger partial charge on any atom is -0.508 e. The van der Waals surface area contributed by atoms with Gasteiger partial charge in [0.1, 0.15) is 11.5 Å². The summed E-state index contributed by atoms with van der Waals surface area (Å²) < 4.78 is 0. The minimum atomic E-state index is 0.218. The number of nitrogens with zero attached hydrogens (tertiary/aromatic N) is 1.